The largest absolute Gasteiger partial charge is 0.394 e. The average molecular weight is 410 g/mol. The zero-order chi connectivity index (χ0) is 20.8. The van der Waals surface area contributed by atoms with Gasteiger partial charge in [0.25, 0.3) is 11.7 Å². The lowest BCUT2D eigenvalue weighted by atomic mass is 10.1. The summed E-state index contributed by atoms with van der Waals surface area (Å²) in [7, 11) is 2.77. The highest BCUT2D eigenvalue weighted by molar-refractivity contribution is 5.88. The molecular weight excluding hydrogens is 388 g/mol. The van der Waals surface area contributed by atoms with Gasteiger partial charge in [-0.05, 0) is 0 Å². The number of carbonyl (C=O) groups excluding carboxylic acids is 1. The summed E-state index contributed by atoms with van der Waals surface area (Å²) >= 11 is 0. The van der Waals surface area contributed by atoms with Crippen molar-refractivity contribution in [2.45, 2.75) is 42.9 Å². The lowest BCUT2D eigenvalue weighted by molar-refractivity contribution is -0.201. The zero-order valence-corrected chi connectivity index (χ0v) is 15.7. The molecule has 0 aliphatic carbocycles. The molecule has 4 heterocycles. The van der Waals surface area contributed by atoms with Crippen LogP contribution in [-0.4, -0.2) is 91.8 Å². The van der Waals surface area contributed by atoms with E-state index >= 15 is 0 Å². The standard InChI is InChI=1S/C16H22N6O7/c1-27-16(28-2)3-8(21-15(16)26)20-12-9-13(18-5-17-12)22(6-19-9)14-11(25)10(24)7(4-23)29-14/h5-8,10-11,14,23-25H,3-4H2,1-2H3,(H,21,26)(H,17,18,20)/t7-,8?,10-,11-,14-/m1/s1. The zero-order valence-electron chi connectivity index (χ0n) is 15.7. The van der Waals surface area contributed by atoms with Crippen LogP contribution < -0.4 is 10.6 Å². The minimum Gasteiger partial charge on any atom is -0.394 e. The molecule has 2 fully saturated rings. The summed E-state index contributed by atoms with van der Waals surface area (Å²) in [6, 6.07) is 0. The Morgan fingerprint density at radius 3 is 2.69 bits per heavy atom. The molecule has 29 heavy (non-hydrogen) atoms. The summed E-state index contributed by atoms with van der Waals surface area (Å²) in [6.45, 7) is -0.439. The number of nitrogens with zero attached hydrogens (tertiary/aromatic N) is 4. The normalized spacial score (nSPS) is 31.3. The van der Waals surface area contributed by atoms with Gasteiger partial charge in [-0.2, -0.15) is 0 Å². The highest BCUT2D eigenvalue weighted by Gasteiger charge is 2.48. The fourth-order valence-electron chi connectivity index (χ4n) is 3.62. The van der Waals surface area contributed by atoms with Gasteiger partial charge in [-0.15, -0.1) is 0 Å². The summed E-state index contributed by atoms with van der Waals surface area (Å²) in [4.78, 5) is 24.8. The van der Waals surface area contributed by atoms with Crippen molar-refractivity contribution in [2.24, 2.45) is 0 Å². The van der Waals surface area contributed by atoms with Gasteiger partial charge < -0.3 is 40.2 Å². The number of imidazole rings is 1. The van der Waals surface area contributed by atoms with Crippen molar-refractivity contribution >= 4 is 22.9 Å². The van der Waals surface area contributed by atoms with E-state index in [1.165, 1.54) is 31.4 Å². The van der Waals surface area contributed by atoms with Gasteiger partial charge in [-0.1, -0.05) is 0 Å². The number of hydrogen-bond acceptors (Lipinski definition) is 11. The molecule has 0 bridgehead atoms. The van der Waals surface area contributed by atoms with Crippen molar-refractivity contribution in [3.63, 3.8) is 0 Å². The molecule has 2 aromatic rings. The van der Waals surface area contributed by atoms with Gasteiger partial charge in [0.15, 0.2) is 23.2 Å². The Kier molecular flexibility index (Phi) is 5.10. The number of fused-ring (bicyclic) bond motifs is 1. The second-order valence-corrected chi connectivity index (χ2v) is 6.81. The Morgan fingerprint density at radius 2 is 2.07 bits per heavy atom. The molecule has 1 amide bonds. The van der Waals surface area contributed by atoms with E-state index in [2.05, 4.69) is 25.6 Å². The number of aromatic nitrogens is 4. The molecule has 5 atom stereocenters. The Hall–Kier alpha value is -2.42. The minimum atomic E-state index is -1.39. The van der Waals surface area contributed by atoms with Crippen LogP contribution in [0.1, 0.15) is 12.6 Å². The van der Waals surface area contributed by atoms with Gasteiger partial charge in [-0.25, -0.2) is 15.0 Å². The maximum Gasteiger partial charge on any atom is 0.282 e. The number of ether oxygens (including phenoxy) is 3. The first-order valence-electron chi connectivity index (χ1n) is 8.92. The summed E-state index contributed by atoms with van der Waals surface area (Å²) in [6.07, 6.45) is -2.05. The number of amides is 1. The van der Waals surface area contributed by atoms with Crippen molar-refractivity contribution in [3.05, 3.63) is 12.7 Å². The van der Waals surface area contributed by atoms with Crippen LogP contribution in [0.25, 0.3) is 11.2 Å². The predicted molar refractivity (Wildman–Crippen MR) is 95.3 cm³/mol. The molecule has 158 valence electrons. The lowest BCUT2D eigenvalue weighted by Gasteiger charge is -2.22. The summed E-state index contributed by atoms with van der Waals surface area (Å²) < 4.78 is 17.4. The van der Waals surface area contributed by atoms with Gasteiger partial charge in [0, 0.05) is 14.2 Å². The number of methoxy groups -OCH3 is 2. The van der Waals surface area contributed by atoms with E-state index < -0.39 is 49.0 Å². The Morgan fingerprint density at radius 1 is 1.31 bits per heavy atom. The molecule has 0 aromatic carbocycles. The van der Waals surface area contributed by atoms with Crippen molar-refractivity contribution in [2.75, 3.05) is 26.1 Å². The molecule has 13 heteroatoms. The van der Waals surface area contributed by atoms with E-state index in [9.17, 15) is 20.1 Å². The number of carbonyl (C=O) groups is 1. The first-order valence-corrected chi connectivity index (χ1v) is 8.92. The Balaban J connectivity index is 1.60. The highest BCUT2D eigenvalue weighted by Crippen LogP contribution is 2.32. The van der Waals surface area contributed by atoms with Crippen LogP contribution in [0.2, 0.25) is 0 Å². The van der Waals surface area contributed by atoms with Crippen LogP contribution >= 0.6 is 0 Å². The fraction of sp³-hybridized carbons (Fsp3) is 0.625. The van der Waals surface area contributed by atoms with Crippen molar-refractivity contribution in [1.29, 1.82) is 0 Å². The topological polar surface area (TPSA) is 173 Å². The van der Waals surface area contributed by atoms with Crippen LogP contribution in [0.4, 0.5) is 5.82 Å². The van der Waals surface area contributed by atoms with E-state index in [-0.39, 0.29) is 6.42 Å². The fourth-order valence-corrected chi connectivity index (χ4v) is 3.62. The van der Waals surface area contributed by atoms with E-state index in [1.807, 2.05) is 0 Å². The van der Waals surface area contributed by atoms with Gasteiger partial charge in [-0.3, -0.25) is 9.36 Å². The second kappa shape index (κ2) is 7.44. The van der Waals surface area contributed by atoms with Gasteiger partial charge in [0.2, 0.25) is 0 Å². The summed E-state index contributed by atoms with van der Waals surface area (Å²) in [5, 5.41) is 35.3. The molecule has 5 N–H and O–H groups in total. The molecule has 13 nitrogen and oxygen atoms in total. The number of hydrogen-bond donors (Lipinski definition) is 5. The Bertz CT molecular complexity index is 903. The van der Waals surface area contributed by atoms with E-state index in [0.29, 0.717) is 17.0 Å². The number of rotatable bonds is 6. The van der Waals surface area contributed by atoms with Crippen molar-refractivity contribution < 1.29 is 34.3 Å². The molecule has 4 rings (SSSR count). The molecular formula is C16H22N6O7. The maximum absolute atomic E-state index is 12.2. The van der Waals surface area contributed by atoms with Crippen molar-refractivity contribution in [3.8, 4) is 0 Å². The van der Waals surface area contributed by atoms with Crippen LogP contribution in [0.5, 0.6) is 0 Å². The van der Waals surface area contributed by atoms with Gasteiger partial charge in [0.1, 0.15) is 30.8 Å². The summed E-state index contributed by atoms with van der Waals surface area (Å²) in [5.41, 5.74) is 0.707. The van der Waals surface area contributed by atoms with Crippen LogP contribution in [-0.2, 0) is 19.0 Å². The van der Waals surface area contributed by atoms with Crippen LogP contribution in [0.3, 0.4) is 0 Å². The first kappa shape index (κ1) is 19.9. The highest BCUT2D eigenvalue weighted by atomic mass is 16.7. The first-order chi connectivity index (χ1) is 13.9. The number of nitrogens with one attached hydrogen (secondary N) is 2. The smallest absolute Gasteiger partial charge is 0.282 e. The third kappa shape index (κ3) is 3.11. The maximum atomic E-state index is 12.2. The molecule has 2 aromatic heterocycles. The van der Waals surface area contributed by atoms with E-state index in [4.69, 9.17) is 14.2 Å². The number of aliphatic hydroxyl groups is 3. The third-order valence-electron chi connectivity index (χ3n) is 5.24. The van der Waals surface area contributed by atoms with Gasteiger partial charge in [0.05, 0.1) is 19.4 Å². The van der Waals surface area contributed by atoms with E-state index in [0.717, 1.165) is 0 Å². The van der Waals surface area contributed by atoms with Gasteiger partial charge >= 0.3 is 0 Å². The third-order valence-corrected chi connectivity index (χ3v) is 5.24. The average Bonchev–Trinajstić information content (AvgIpc) is 3.37. The summed E-state index contributed by atoms with van der Waals surface area (Å²) in [5.74, 6) is -1.46. The molecule has 2 saturated heterocycles. The number of aliphatic hydroxyl groups excluding tert-OH is 3. The number of anilines is 1. The van der Waals surface area contributed by atoms with E-state index in [1.54, 1.807) is 0 Å². The molecule has 2 aliphatic rings. The van der Waals surface area contributed by atoms with Crippen molar-refractivity contribution in [1.82, 2.24) is 24.8 Å². The molecule has 1 unspecified atom stereocenters. The monoisotopic (exact) mass is 410 g/mol. The quantitative estimate of drug-likeness (QED) is 0.324. The minimum absolute atomic E-state index is 0.194. The van der Waals surface area contributed by atoms with Crippen LogP contribution in [0, 0.1) is 0 Å². The Labute approximate surface area is 164 Å². The predicted octanol–water partition coefficient (Wildman–Crippen LogP) is -2.32. The molecule has 0 saturated carbocycles. The second-order valence-electron chi connectivity index (χ2n) is 6.81. The lowest BCUT2D eigenvalue weighted by Crippen LogP contribution is -2.41. The molecule has 2 aliphatic heterocycles. The molecule has 0 radical (unpaired) electrons. The SMILES string of the molecule is COC1(OC)CC(Nc2ncnc3c2ncn3[C@@H]2O[C@H](CO)[C@@H](O)[C@H]2O)NC1=O. The molecule has 0 spiro atoms. The van der Waals surface area contributed by atoms with Crippen LogP contribution in [0.15, 0.2) is 12.7 Å².